The lowest BCUT2D eigenvalue weighted by atomic mass is 10.0. The average Bonchev–Trinajstić information content (AvgIpc) is 3.66. The highest BCUT2D eigenvalue weighted by Gasteiger charge is 2.38. The fourth-order valence-corrected chi connectivity index (χ4v) is 6.37. The van der Waals surface area contributed by atoms with Crippen LogP contribution in [0.3, 0.4) is 0 Å². The molecular formula is C30H28Cl2F2N2O6S. The molecule has 5 rings (SSSR count). The van der Waals surface area contributed by atoms with Crippen molar-refractivity contribution in [2.24, 2.45) is 5.92 Å². The molecule has 1 aliphatic carbocycles. The summed E-state index contributed by atoms with van der Waals surface area (Å²) in [6, 6.07) is 13.5. The van der Waals surface area contributed by atoms with Gasteiger partial charge in [0.1, 0.15) is 16.1 Å². The average molecular weight is 654 g/mol. The number of halogens is 4. The Kier molecular flexibility index (Phi) is 10.1. The van der Waals surface area contributed by atoms with Gasteiger partial charge < -0.3 is 24.3 Å². The molecule has 1 aromatic heterocycles. The van der Waals surface area contributed by atoms with E-state index in [0.717, 1.165) is 30.8 Å². The number of ether oxygens (including phenoxy) is 3. The first-order valence-electron chi connectivity index (χ1n) is 13.6. The Balaban J connectivity index is 1.42. The predicted molar refractivity (Wildman–Crippen MR) is 157 cm³/mol. The summed E-state index contributed by atoms with van der Waals surface area (Å²) in [5, 5.41) is 11.1. The summed E-state index contributed by atoms with van der Waals surface area (Å²) in [7, 11) is 0. The van der Waals surface area contributed by atoms with E-state index in [9.17, 15) is 23.6 Å². The Hall–Kier alpha value is -3.28. The molecule has 1 saturated heterocycles. The maximum atomic E-state index is 13.6. The van der Waals surface area contributed by atoms with Crippen molar-refractivity contribution in [1.82, 2.24) is 4.90 Å². The minimum Gasteiger partial charge on any atom is -0.619 e. The van der Waals surface area contributed by atoms with Gasteiger partial charge in [-0.25, -0.2) is 4.79 Å². The molecule has 0 bridgehead atoms. The number of nitrogens with zero attached hydrogens (tertiary/aromatic N) is 2. The van der Waals surface area contributed by atoms with Gasteiger partial charge in [0.15, 0.2) is 29.3 Å². The van der Waals surface area contributed by atoms with E-state index in [1.165, 1.54) is 34.9 Å². The van der Waals surface area contributed by atoms with Gasteiger partial charge in [0, 0.05) is 24.3 Å². The third-order valence-corrected chi connectivity index (χ3v) is 8.88. The van der Waals surface area contributed by atoms with E-state index in [4.69, 9.17) is 32.7 Å². The first-order valence-corrected chi connectivity index (χ1v) is 15.4. The second kappa shape index (κ2) is 14.0. The Bertz CT molecular complexity index is 1440. The number of rotatable bonds is 12. The number of hydrogen-bond donors (Lipinski definition) is 0. The van der Waals surface area contributed by atoms with Gasteiger partial charge in [-0.2, -0.15) is 13.5 Å². The van der Waals surface area contributed by atoms with Crippen molar-refractivity contribution in [2.75, 3.05) is 18.9 Å². The van der Waals surface area contributed by atoms with Crippen molar-refractivity contribution in [3.63, 3.8) is 0 Å². The van der Waals surface area contributed by atoms with Gasteiger partial charge >= 0.3 is 12.6 Å². The van der Waals surface area contributed by atoms with Gasteiger partial charge in [0.25, 0.3) is 0 Å². The second-order valence-electron chi connectivity index (χ2n) is 10.2. The van der Waals surface area contributed by atoms with E-state index in [-0.39, 0.29) is 40.3 Å². The Morgan fingerprint density at radius 2 is 1.79 bits per heavy atom. The number of carbonyl (C=O) groups excluding carboxylic acids is 2. The number of pyridine rings is 1. The molecule has 1 aliphatic heterocycles. The summed E-state index contributed by atoms with van der Waals surface area (Å²) in [6.07, 6.45) is 3.27. The van der Waals surface area contributed by atoms with Gasteiger partial charge in [-0.05, 0) is 42.0 Å². The maximum absolute atomic E-state index is 13.6. The Labute approximate surface area is 261 Å². The van der Waals surface area contributed by atoms with E-state index in [0.29, 0.717) is 40.7 Å². The van der Waals surface area contributed by atoms with Crippen LogP contribution in [0.2, 0.25) is 10.0 Å². The summed E-state index contributed by atoms with van der Waals surface area (Å²) in [5.74, 6) is -0.0856. The van der Waals surface area contributed by atoms with E-state index in [1.54, 1.807) is 0 Å². The smallest absolute Gasteiger partial charge is 0.387 e. The number of benzene rings is 2. The molecule has 2 unspecified atom stereocenters. The fraction of sp³-hybridized carbons (Fsp3) is 0.367. The summed E-state index contributed by atoms with van der Waals surface area (Å²) in [6.45, 7) is -2.37. The molecule has 1 saturated carbocycles. The van der Waals surface area contributed by atoms with Gasteiger partial charge in [0.05, 0.1) is 13.0 Å². The zero-order valence-corrected chi connectivity index (χ0v) is 25.1. The summed E-state index contributed by atoms with van der Waals surface area (Å²) in [5.41, 5.74) is 1.57. The summed E-state index contributed by atoms with van der Waals surface area (Å²) >= 11 is 14.0. The monoisotopic (exact) mass is 652 g/mol. The van der Waals surface area contributed by atoms with Crippen LogP contribution < -0.4 is 14.2 Å². The predicted octanol–water partition coefficient (Wildman–Crippen LogP) is 5.99. The highest BCUT2D eigenvalue weighted by Crippen LogP contribution is 2.38. The number of amides is 1. The number of hydrogen-bond acceptors (Lipinski definition) is 7. The molecule has 0 radical (unpaired) electrons. The standard InChI is InChI=1S/C30H28Cl2F2N2O6S/c31-22-15-35(39)16-23(32)21(22)14-25(20-8-9-24(42-30(33)34)26(13-20)40-17-19-6-7-19)41-29(38)28-36(10-11-43-28)27(37)12-18-4-2-1-3-5-18/h1-5,8-9,13,15-16,19,25,28,30H,6-7,10-12,14,17H2. The lowest BCUT2D eigenvalue weighted by Gasteiger charge is -2.26. The Morgan fingerprint density at radius 3 is 2.47 bits per heavy atom. The van der Waals surface area contributed by atoms with Crippen molar-refractivity contribution in [3.8, 4) is 11.5 Å². The molecule has 2 atom stereocenters. The quantitative estimate of drug-likeness (QED) is 0.135. The van der Waals surface area contributed by atoms with E-state index in [1.807, 2.05) is 30.3 Å². The van der Waals surface area contributed by atoms with Crippen LogP contribution >= 0.6 is 35.0 Å². The molecular weight excluding hydrogens is 625 g/mol. The molecule has 2 heterocycles. The van der Waals surface area contributed by atoms with Crippen LogP contribution in [-0.4, -0.2) is 47.7 Å². The van der Waals surface area contributed by atoms with Crippen LogP contribution in [0.25, 0.3) is 0 Å². The number of thioether (sulfide) groups is 1. The van der Waals surface area contributed by atoms with E-state index < -0.39 is 24.1 Å². The molecule has 0 spiro atoms. The SMILES string of the molecule is O=C(OC(Cc1c(Cl)c[n+]([O-])cc1Cl)c1ccc(OC(F)F)c(OCC2CC2)c1)C1SCCN1C(=O)Cc1ccccc1. The fourth-order valence-electron chi connectivity index (χ4n) is 4.65. The molecule has 8 nitrogen and oxygen atoms in total. The molecule has 43 heavy (non-hydrogen) atoms. The zero-order chi connectivity index (χ0) is 30.5. The van der Waals surface area contributed by atoms with Crippen molar-refractivity contribution in [3.05, 3.63) is 92.9 Å². The minimum atomic E-state index is -3.07. The molecule has 2 aromatic carbocycles. The topological polar surface area (TPSA) is 92.0 Å². The summed E-state index contributed by atoms with van der Waals surface area (Å²) in [4.78, 5) is 28.3. The van der Waals surface area contributed by atoms with E-state index in [2.05, 4.69) is 4.74 Å². The number of alkyl halides is 2. The molecule has 2 aliphatic rings. The van der Waals surface area contributed by atoms with Crippen molar-refractivity contribution in [2.45, 2.75) is 43.8 Å². The third-order valence-electron chi connectivity index (χ3n) is 7.04. The van der Waals surface area contributed by atoms with Crippen LogP contribution in [0.5, 0.6) is 11.5 Å². The van der Waals surface area contributed by atoms with Crippen LogP contribution in [0, 0.1) is 11.1 Å². The number of aromatic nitrogens is 1. The van der Waals surface area contributed by atoms with Gasteiger partial charge in [0.2, 0.25) is 5.91 Å². The summed E-state index contributed by atoms with van der Waals surface area (Å²) < 4.78 is 43.2. The first-order chi connectivity index (χ1) is 20.7. The number of carbonyl (C=O) groups is 2. The zero-order valence-electron chi connectivity index (χ0n) is 22.8. The normalized spacial score (nSPS) is 17.1. The largest absolute Gasteiger partial charge is 0.619 e. The molecule has 13 heteroatoms. The van der Waals surface area contributed by atoms with Gasteiger partial charge in [-0.1, -0.05) is 59.6 Å². The lowest BCUT2D eigenvalue weighted by Crippen LogP contribution is -2.41. The Morgan fingerprint density at radius 1 is 1.07 bits per heavy atom. The first kappa shape index (κ1) is 31.2. The highest BCUT2D eigenvalue weighted by molar-refractivity contribution is 8.00. The highest BCUT2D eigenvalue weighted by atomic mass is 35.5. The maximum Gasteiger partial charge on any atom is 0.387 e. The van der Waals surface area contributed by atoms with Crippen LogP contribution in [-0.2, 0) is 27.2 Å². The molecule has 0 N–H and O–H groups in total. The lowest BCUT2D eigenvalue weighted by molar-refractivity contribution is -0.605. The van der Waals surface area contributed by atoms with Gasteiger partial charge in [-0.3, -0.25) is 4.79 Å². The minimum absolute atomic E-state index is 0.0449. The molecule has 2 fully saturated rings. The van der Waals surface area contributed by atoms with Crippen LogP contribution in [0.1, 0.15) is 35.6 Å². The third kappa shape index (κ3) is 8.21. The van der Waals surface area contributed by atoms with Crippen LogP contribution in [0.15, 0.2) is 60.9 Å². The molecule has 228 valence electrons. The van der Waals surface area contributed by atoms with Gasteiger partial charge in [-0.15, -0.1) is 11.8 Å². The van der Waals surface area contributed by atoms with Crippen molar-refractivity contribution < 1.29 is 37.3 Å². The molecule has 3 aromatic rings. The van der Waals surface area contributed by atoms with Crippen molar-refractivity contribution >= 4 is 46.8 Å². The van der Waals surface area contributed by atoms with Crippen molar-refractivity contribution in [1.29, 1.82) is 0 Å². The van der Waals surface area contributed by atoms with E-state index >= 15 is 0 Å². The van der Waals surface area contributed by atoms with Crippen LogP contribution in [0.4, 0.5) is 8.78 Å². The number of esters is 1. The second-order valence-corrected chi connectivity index (χ2v) is 12.2. The molecule has 1 amide bonds.